The van der Waals surface area contributed by atoms with Gasteiger partial charge in [-0.2, -0.15) is 0 Å². The number of nitrogens with zero attached hydrogens (tertiary/aromatic N) is 2. The second kappa shape index (κ2) is 6.92. The highest BCUT2D eigenvalue weighted by atomic mass is 35.5. The van der Waals surface area contributed by atoms with E-state index >= 15 is 0 Å². The Morgan fingerprint density at radius 2 is 1.81 bits per heavy atom. The Hall–Kier alpha value is -1.58. The van der Waals surface area contributed by atoms with Crippen LogP contribution in [0.1, 0.15) is 25.1 Å². The molecule has 21 heavy (non-hydrogen) atoms. The fourth-order valence-corrected chi connectivity index (χ4v) is 2.16. The first-order valence-corrected chi connectivity index (χ1v) is 7.54. The molecular formula is C17H22ClN3. The average Bonchev–Trinajstić information content (AvgIpc) is 2.46. The van der Waals surface area contributed by atoms with Gasteiger partial charge in [0.1, 0.15) is 5.82 Å². The maximum absolute atomic E-state index is 6.23. The van der Waals surface area contributed by atoms with E-state index in [1.54, 1.807) is 0 Å². The van der Waals surface area contributed by atoms with Gasteiger partial charge in [0.05, 0.1) is 10.7 Å². The molecule has 0 aliphatic heterocycles. The van der Waals surface area contributed by atoms with Crippen LogP contribution in [0.2, 0.25) is 5.02 Å². The van der Waals surface area contributed by atoms with E-state index in [1.165, 1.54) is 5.56 Å². The molecule has 0 radical (unpaired) electrons. The van der Waals surface area contributed by atoms with Gasteiger partial charge in [-0.25, -0.2) is 4.98 Å². The van der Waals surface area contributed by atoms with Crippen LogP contribution >= 0.6 is 11.6 Å². The summed E-state index contributed by atoms with van der Waals surface area (Å²) in [7, 11) is 2.01. The van der Waals surface area contributed by atoms with Crippen LogP contribution in [0.5, 0.6) is 0 Å². The monoisotopic (exact) mass is 303 g/mol. The SMILES string of the molecule is Cc1ccc(N(C)c2ccc(Cl)c(CNC(C)C)n2)cc1. The molecule has 0 spiro atoms. The lowest BCUT2D eigenvalue weighted by Crippen LogP contribution is -2.23. The Balaban J connectivity index is 2.23. The lowest BCUT2D eigenvalue weighted by Gasteiger charge is -2.20. The second-order valence-electron chi connectivity index (χ2n) is 5.53. The van der Waals surface area contributed by atoms with Gasteiger partial charge in [0, 0.05) is 25.3 Å². The van der Waals surface area contributed by atoms with Gasteiger partial charge >= 0.3 is 0 Å². The van der Waals surface area contributed by atoms with Gasteiger partial charge in [-0.3, -0.25) is 0 Å². The third kappa shape index (κ3) is 4.19. The number of benzene rings is 1. The second-order valence-corrected chi connectivity index (χ2v) is 5.94. The molecule has 0 aliphatic carbocycles. The molecule has 0 saturated carbocycles. The highest BCUT2D eigenvalue weighted by Gasteiger charge is 2.09. The zero-order valence-electron chi connectivity index (χ0n) is 13.0. The van der Waals surface area contributed by atoms with E-state index in [0.29, 0.717) is 17.6 Å². The van der Waals surface area contributed by atoms with E-state index in [9.17, 15) is 0 Å². The van der Waals surface area contributed by atoms with Crippen molar-refractivity contribution >= 4 is 23.1 Å². The van der Waals surface area contributed by atoms with Crippen molar-refractivity contribution in [3.05, 3.63) is 52.7 Å². The van der Waals surface area contributed by atoms with Gasteiger partial charge in [0.15, 0.2) is 0 Å². The van der Waals surface area contributed by atoms with Crippen LogP contribution in [-0.4, -0.2) is 18.1 Å². The van der Waals surface area contributed by atoms with Gasteiger partial charge in [-0.1, -0.05) is 43.1 Å². The van der Waals surface area contributed by atoms with Gasteiger partial charge in [-0.05, 0) is 31.2 Å². The van der Waals surface area contributed by atoms with Gasteiger partial charge in [-0.15, -0.1) is 0 Å². The maximum Gasteiger partial charge on any atom is 0.133 e. The first kappa shape index (κ1) is 15.8. The van der Waals surface area contributed by atoms with Crippen molar-refractivity contribution in [1.82, 2.24) is 10.3 Å². The number of halogens is 1. The van der Waals surface area contributed by atoms with E-state index in [4.69, 9.17) is 11.6 Å². The predicted molar refractivity (Wildman–Crippen MR) is 90.5 cm³/mol. The standard InChI is InChI=1S/C17H22ClN3/c1-12(2)19-11-16-15(18)9-10-17(20-16)21(4)14-7-5-13(3)6-8-14/h5-10,12,19H,11H2,1-4H3. The molecule has 0 amide bonds. The summed E-state index contributed by atoms with van der Waals surface area (Å²) in [4.78, 5) is 6.74. The van der Waals surface area contributed by atoms with Crippen molar-refractivity contribution in [3.63, 3.8) is 0 Å². The van der Waals surface area contributed by atoms with Gasteiger partial charge in [0.25, 0.3) is 0 Å². The van der Waals surface area contributed by atoms with E-state index in [1.807, 2.05) is 19.2 Å². The summed E-state index contributed by atoms with van der Waals surface area (Å²) in [6, 6.07) is 12.6. The quantitative estimate of drug-likeness (QED) is 0.892. The molecule has 0 saturated heterocycles. The molecular weight excluding hydrogens is 282 g/mol. The van der Waals surface area contributed by atoms with Crippen LogP contribution in [-0.2, 0) is 6.54 Å². The molecule has 3 nitrogen and oxygen atoms in total. The maximum atomic E-state index is 6.23. The third-order valence-electron chi connectivity index (χ3n) is 3.35. The number of anilines is 2. The van der Waals surface area contributed by atoms with Crippen molar-refractivity contribution in [2.24, 2.45) is 0 Å². The lowest BCUT2D eigenvalue weighted by molar-refractivity contribution is 0.581. The fraction of sp³-hybridized carbons (Fsp3) is 0.353. The summed E-state index contributed by atoms with van der Waals surface area (Å²) < 4.78 is 0. The van der Waals surface area contributed by atoms with Crippen molar-refractivity contribution in [3.8, 4) is 0 Å². The first-order chi connectivity index (χ1) is 9.97. The molecule has 1 aromatic carbocycles. The summed E-state index contributed by atoms with van der Waals surface area (Å²) in [5.74, 6) is 0.892. The Kier molecular flexibility index (Phi) is 5.21. The van der Waals surface area contributed by atoms with Crippen LogP contribution < -0.4 is 10.2 Å². The molecule has 0 aliphatic rings. The molecule has 0 bridgehead atoms. The highest BCUT2D eigenvalue weighted by molar-refractivity contribution is 6.31. The normalized spacial score (nSPS) is 11.0. The number of hydrogen-bond donors (Lipinski definition) is 1. The zero-order valence-corrected chi connectivity index (χ0v) is 13.8. The van der Waals surface area contributed by atoms with Crippen molar-refractivity contribution in [1.29, 1.82) is 0 Å². The number of hydrogen-bond acceptors (Lipinski definition) is 3. The minimum atomic E-state index is 0.404. The van der Waals surface area contributed by atoms with Crippen LogP contribution in [0.4, 0.5) is 11.5 Å². The minimum Gasteiger partial charge on any atom is -0.329 e. The van der Waals surface area contributed by atoms with Crippen LogP contribution in [0.3, 0.4) is 0 Å². The van der Waals surface area contributed by atoms with Crippen LogP contribution in [0, 0.1) is 6.92 Å². The topological polar surface area (TPSA) is 28.2 Å². The Bertz CT molecular complexity index is 593. The van der Waals surface area contributed by atoms with Gasteiger partial charge < -0.3 is 10.2 Å². The number of aryl methyl sites for hydroxylation is 1. The number of rotatable bonds is 5. The van der Waals surface area contributed by atoms with Crippen molar-refractivity contribution in [2.45, 2.75) is 33.4 Å². The largest absolute Gasteiger partial charge is 0.329 e. The zero-order chi connectivity index (χ0) is 15.4. The fourth-order valence-electron chi connectivity index (χ4n) is 1.99. The Morgan fingerprint density at radius 3 is 2.43 bits per heavy atom. The first-order valence-electron chi connectivity index (χ1n) is 7.16. The summed E-state index contributed by atoms with van der Waals surface area (Å²) in [6.07, 6.45) is 0. The number of nitrogens with one attached hydrogen (secondary N) is 1. The average molecular weight is 304 g/mol. The molecule has 2 rings (SSSR count). The molecule has 0 unspecified atom stereocenters. The summed E-state index contributed by atoms with van der Waals surface area (Å²) >= 11 is 6.23. The molecule has 2 aromatic rings. The van der Waals surface area contributed by atoms with Crippen molar-refractivity contribution in [2.75, 3.05) is 11.9 Å². The smallest absolute Gasteiger partial charge is 0.133 e. The summed E-state index contributed by atoms with van der Waals surface area (Å²) in [5.41, 5.74) is 3.23. The van der Waals surface area contributed by atoms with E-state index in [0.717, 1.165) is 17.2 Å². The highest BCUT2D eigenvalue weighted by Crippen LogP contribution is 2.25. The Labute approximate surface area is 132 Å². The summed E-state index contributed by atoms with van der Waals surface area (Å²) in [5, 5.41) is 4.05. The van der Waals surface area contributed by atoms with Gasteiger partial charge in [0.2, 0.25) is 0 Å². The summed E-state index contributed by atoms with van der Waals surface area (Å²) in [6.45, 7) is 6.97. The lowest BCUT2D eigenvalue weighted by atomic mass is 10.2. The van der Waals surface area contributed by atoms with Crippen molar-refractivity contribution < 1.29 is 0 Å². The third-order valence-corrected chi connectivity index (χ3v) is 3.69. The molecule has 0 atom stereocenters. The molecule has 0 fully saturated rings. The van der Waals surface area contributed by atoms with E-state index < -0.39 is 0 Å². The Morgan fingerprint density at radius 1 is 1.14 bits per heavy atom. The number of aromatic nitrogens is 1. The van der Waals surface area contributed by atoms with Crippen LogP contribution in [0.15, 0.2) is 36.4 Å². The van der Waals surface area contributed by atoms with Crippen LogP contribution in [0.25, 0.3) is 0 Å². The molecule has 1 N–H and O–H groups in total. The molecule has 1 aromatic heterocycles. The predicted octanol–water partition coefficient (Wildman–Crippen LogP) is 4.31. The minimum absolute atomic E-state index is 0.404. The molecule has 1 heterocycles. The number of pyridine rings is 1. The van der Waals surface area contributed by atoms with E-state index in [2.05, 4.69) is 60.2 Å². The molecule has 112 valence electrons. The molecule has 4 heteroatoms. The van der Waals surface area contributed by atoms with E-state index in [-0.39, 0.29) is 0 Å².